The molecule has 1 fully saturated rings. The number of nitrogens with one attached hydrogen (secondary N) is 1. The summed E-state index contributed by atoms with van der Waals surface area (Å²) in [7, 11) is 0. The molecule has 2 heteroatoms. The van der Waals surface area contributed by atoms with Crippen LogP contribution < -0.4 is 10.1 Å². The summed E-state index contributed by atoms with van der Waals surface area (Å²) in [5.41, 5.74) is 2.89. The number of unbranched alkanes of at least 4 members (excludes halogenated alkanes) is 1. The summed E-state index contributed by atoms with van der Waals surface area (Å²) in [6.07, 6.45) is 8.73. The lowest BCUT2D eigenvalue weighted by atomic mass is 9.73. The van der Waals surface area contributed by atoms with Crippen LogP contribution in [0.15, 0.2) is 54.6 Å². The summed E-state index contributed by atoms with van der Waals surface area (Å²) in [6, 6.07) is 19.5. The number of fused-ring (bicyclic) bond motifs is 3. The molecule has 1 aliphatic carbocycles. The predicted molar refractivity (Wildman–Crippen MR) is 103 cm³/mol. The monoisotopic (exact) mass is 335 g/mol. The van der Waals surface area contributed by atoms with E-state index in [9.17, 15) is 0 Å². The van der Waals surface area contributed by atoms with Crippen LogP contribution in [-0.4, -0.2) is 18.7 Å². The molecule has 2 aromatic carbocycles. The number of ether oxygens (including phenoxy) is 1. The molecule has 0 saturated heterocycles. The van der Waals surface area contributed by atoms with Crippen LogP contribution in [-0.2, 0) is 6.42 Å². The molecule has 1 aliphatic heterocycles. The highest BCUT2D eigenvalue weighted by atomic mass is 16.5. The van der Waals surface area contributed by atoms with E-state index in [-0.39, 0.29) is 5.60 Å². The van der Waals surface area contributed by atoms with Gasteiger partial charge in [-0.3, -0.25) is 0 Å². The standard InChI is InChI=1S/C23H29NO/c1-2-10-19(11-3-1)12-7-9-17-24-18-23-16-8-6-14-21(23)20-13-4-5-15-22(20)25-23/h1-5,10-11,13,15,21,24H,6-9,12,14,16-18H2. The van der Waals surface area contributed by atoms with Crippen molar-refractivity contribution in [3.63, 3.8) is 0 Å². The molecule has 2 aromatic rings. The number of benzene rings is 2. The zero-order valence-electron chi connectivity index (χ0n) is 15.0. The van der Waals surface area contributed by atoms with Gasteiger partial charge in [0, 0.05) is 18.0 Å². The topological polar surface area (TPSA) is 21.3 Å². The molecule has 0 aromatic heterocycles. The minimum absolute atomic E-state index is 0.00136. The zero-order valence-corrected chi connectivity index (χ0v) is 15.0. The Labute approximate surface area is 151 Å². The van der Waals surface area contributed by atoms with E-state index < -0.39 is 0 Å². The summed E-state index contributed by atoms with van der Waals surface area (Å²) in [4.78, 5) is 0. The van der Waals surface area contributed by atoms with E-state index in [0.29, 0.717) is 5.92 Å². The maximum absolute atomic E-state index is 6.51. The first-order valence-electron chi connectivity index (χ1n) is 9.90. The normalized spacial score (nSPS) is 24.4. The molecule has 132 valence electrons. The molecular weight excluding hydrogens is 306 g/mol. The van der Waals surface area contributed by atoms with Crippen molar-refractivity contribution in [2.24, 2.45) is 0 Å². The van der Waals surface area contributed by atoms with Crippen molar-refractivity contribution in [1.82, 2.24) is 5.32 Å². The fraction of sp³-hybridized carbons (Fsp3) is 0.478. The lowest BCUT2D eigenvalue weighted by Gasteiger charge is -2.38. The van der Waals surface area contributed by atoms with Gasteiger partial charge in [0.2, 0.25) is 0 Å². The smallest absolute Gasteiger partial charge is 0.128 e. The van der Waals surface area contributed by atoms with Crippen LogP contribution in [0.1, 0.15) is 55.6 Å². The van der Waals surface area contributed by atoms with Crippen molar-refractivity contribution in [1.29, 1.82) is 0 Å². The molecule has 1 N–H and O–H groups in total. The third-order valence-corrected chi connectivity index (χ3v) is 5.92. The van der Waals surface area contributed by atoms with Crippen LogP contribution in [0, 0.1) is 0 Å². The van der Waals surface area contributed by atoms with Crippen LogP contribution in [0.5, 0.6) is 5.75 Å². The van der Waals surface area contributed by atoms with Crippen molar-refractivity contribution in [2.75, 3.05) is 13.1 Å². The first-order valence-corrected chi connectivity index (χ1v) is 9.90. The highest BCUT2D eigenvalue weighted by Gasteiger charge is 2.48. The van der Waals surface area contributed by atoms with Crippen molar-refractivity contribution in [3.8, 4) is 5.75 Å². The number of para-hydroxylation sites is 1. The van der Waals surface area contributed by atoms with Crippen LogP contribution in [0.4, 0.5) is 0 Å². The van der Waals surface area contributed by atoms with Gasteiger partial charge in [-0.2, -0.15) is 0 Å². The number of aryl methyl sites for hydroxylation is 1. The van der Waals surface area contributed by atoms with E-state index in [4.69, 9.17) is 4.74 Å². The third-order valence-electron chi connectivity index (χ3n) is 5.92. The molecule has 25 heavy (non-hydrogen) atoms. The van der Waals surface area contributed by atoms with Gasteiger partial charge in [0.1, 0.15) is 11.4 Å². The fourth-order valence-corrected chi connectivity index (χ4v) is 4.62. The van der Waals surface area contributed by atoms with E-state index in [1.807, 2.05) is 0 Å². The third kappa shape index (κ3) is 3.59. The molecule has 2 aliphatic rings. The molecule has 0 bridgehead atoms. The Morgan fingerprint density at radius 3 is 2.72 bits per heavy atom. The largest absolute Gasteiger partial charge is 0.485 e. The average molecular weight is 335 g/mol. The van der Waals surface area contributed by atoms with E-state index in [2.05, 4.69) is 59.9 Å². The lowest BCUT2D eigenvalue weighted by Crippen LogP contribution is -2.49. The molecule has 0 radical (unpaired) electrons. The predicted octanol–water partition coefficient (Wildman–Crippen LogP) is 5.09. The molecular formula is C23H29NO. The zero-order chi connectivity index (χ0) is 17.0. The van der Waals surface area contributed by atoms with Gasteiger partial charge in [0.05, 0.1) is 0 Å². The summed E-state index contributed by atoms with van der Waals surface area (Å²) in [5.74, 6) is 1.70. The second kappa shape index (κ2) is 7.61. The van der Waals surface area contributed by atoms with E-state index in [0.717, 1.165) is 18.8 Å². The Balaban J connectivity index is 1.27. The Hall–Kier alpha value is -1.80. The average Bonchev–Trinajstić information content (AvgIpc) is 3.00. The van der Waals surface area contributed by atoms with Crippen LogP contribution in [0.2, 0.25) is 0 Å². The Morgan fingerprint density at radius 1 is 0.960 bits per heavy atom. The Morgan fingerprint density at radius 2 is 1.80 bits per heavy atom. The second-order valence-electron chi connectivity index (χ2n) is 7.62. The first-order chi connectivity index (χ1) is 12.4. The minimum atomic E-state index is 0.00136. The quantitative estimate of drug-likeness (QED) is 0.712. The maximum Gasteiger partial charge on any atom is 0.128 e. The van der Waals surface area contributed by atoms with Gasteiger partial charge < -0.3 is 10.1 Å². The van der Waals surface area contributed by atoms with E-state index >= 15 is 0 Å². The molecule has 2 atom stereocenters. The van der Waals surface area contributed by atoms with Gasteiger partial charge in [-0.1, -0.05) is 55.0 Å². The van der Waals surface area contributed by atoms with Crippen molar-refractivity contribution >= 4 is 0 Å². The molecule has 4 rings (SSSR count). The summed E-state index contributed by atoms with van der Waals surface area (Å²) in [5, 5.41) is 3.71. The summed E-state index contributed by atoms with van der Waals surface area (Å²) in [6.45, 7) is 2.07. The summed E-state index contributed by atoms with van der Waals surface area (Å²) < 4.78 is 6.51. The molecule has 1 saturated carbocycles. The molecule has 2 unspecified atom stereocenters. The first kappa shape index (κ1) is 16.7. The fourth-order valence-electron chi connectivity index (χ4n) is 4.62. The number of hydrogen-bond donors (Lipinski definition) is 1. The lowest BCUT2D eigenvalue weighted by molar-refractivity contribution is 0.0360. The highest BCUT2D eigenvalue weighted by Crippen LogP contribution is 2.51. The number of rotatable bonds is 7. The minimum Gasteiger partial charge on any atom is -0.485 e. The molecule has 0 amide bonds. The maximum atomic E-state index is 6.51. The number of hydrogen-bond acceptors (Lipinski definition) is 2. The van der Waals surface area contributed by atoms with Gasteiger partial charge in [-0.25, -0.2) is 0 Å². The SMILES string of the molecule is c1ccc(CCCCNCC23CCCCC2c2ccccc2O3)cc1. The molecule has 1 heterocycles. The second-order valence-corrected chi connectivity index (χ2v) is 7.62. The Bertz CT molecular complexity index is 684. The van der Waals surface area contributed by atoms with Crippen LogP contribution in [0.3, 0.4) is 0 Å². The summed E-state index contributed by atoms with van der Waals surface area (Å²) >= 11 is 0. The molecule has 0 spiro atoms. The van der Waals surface area contributed by atoms with Gasteiger partial charge in [0.15, 0.2) is 0 Å². The van der Waals surface area contributed by atoms with Crippen molar-refractivity contribution < 1.29 is 4.74 Å². The van der Waals surface area contributed by atoms with Gasteiger partial charge >= 0.3 is 0 Å². The van der Waals surface area contributed by atoms with Crippen LogP contribution >= 0.6 is 0 Å². The van der Waals surface area contributed by atoms with Gasteiger partial charge in [0.25, 0.3) is 0 Å². The van der Waals surface area contributed by atoms with E-state index in [1.54, 1.807) is 0 Å². The Kier molecular flexibility index (Phi) is 5.07. The van der Waals surface area contributed by atoms with Gasteiger partial charge in [-0.15, -0.1) is 0 Å². The molecule has 2 nitrogen and oxygen atoms in total. The van der Waals surface area contributed by atoms with E-state index in [1.165, 1.54) is 56.1 Å². The van der Waals surface area contributed by atoms with Crippen molar-refractivity contribution in [2.45, 2.75) is 56.5 Å². The van der Waals surface area contributed by atoms with Crippen LogP contribution in [0.25, 0.3) is 0 Å². The van der Waals surface area contributed by atoms with Crippen molar-refractivity contribution in [3.05, 3.63) is 65.7 Å². The highest BCUT2D eigenvalue weighted by molar-refractivity contribution is 5.43. The van der Waals surface area contributed by atoms with Gasteiger partial charge in [-0.05, 0) is 56.7 Å².